The molecule has 6 heteroatoms. The molecule has 2 bridgehead atoms. The van der Waals surface area contributed by atoms with E-state index in [4.69, 9.17) is 4.74 Å². The molecule has 6 nitrogen and oxygen atoms in total. The number of aromatic nitrogens is 2. The number of nitrogens with one attached hydrogen (secondary N) is 2. The Hall–Kier alpha value is -1.40. The molecular weight excluding hydrogens is 254 g/mol. The number of nitrogens with zero attached hydrogens (tertiary/aromatic N) is 3. The van der Waals surface area contributed by atoms with E-state index >= 15 is 0 Å². The summed E-state index contributed by atoms with van der Waals surface area (Å²) in [5, 5.41) is 7.05. The maximum absolute atomic E-state index is 5.29. The van der Waals surface area contributed by atoms with Crippen molar-refractivity contribution in [2.24, 2.45) is 0 Å². The summed E-state index contributed by atoms with van der Waals surface area (Å²) in [5.74, 6) is 1.10. The van der Waals surface area contributed by atoms with Crippen molar-refractivity contribution in [3.05, 3.63) is 11.3 Å². The Bertz CT molecular complexity index is 509. The molecule has 1 aromatic heterocycles. The van der Waals surface area contributed by atoms with Crippen molar-refractivity contribution in [1.82, 2.24) is 20.6 Å². The molecule has 0 radical (unpaired) electrons. The summed E-state index contributed by atoms with van der Waals surface area (Å²) < 4.78 is 5.29. The van der Waals surface area contributed by atoms with Gasteiger partial charge in [-0.2, -0.15) is 9.97 Å². The quantitative estimate of drug-likeness (QED) is 0.796. The van der Waals surface area contributed by atoms with Gasteiger partial charge in [0.05, 0.1) is 12.8 Å². The van der Waals surface area contributed by atoms with E-state index < -0.39 is 0 Å². The minimum Gasteiger partial charge on any atom is -0.467 e. The van der Waals surface area contributed by atoms with Crippen LogP contribution in [0.4, 0.5) is 5.82 Å². The largest absolute Gasteiger partial charge is 0.467 e. The second-order valence-corrected chi connectivity index (χ2v) is 5.93. The lowest BCUT2D eigenvalue weighted by atomic mass is 10.1. The van der Waals surface area contributed by atoms with Gasteiger partial charge in [-0.05, 0) is 25.8 Å². The van der Waals surface area contributed by atoms with Gasteiger partial charge in [0.2, 0.25) is 0 Å². The zero-order chi connectivity index (χ0) is 13.5. The summed E-state index contributed by atoms with van der Waals surface area (Å²) in [4.78, 5) is 11.6. The number of piperazine rings is 1. The summed E-state index contributed by atoms with van der Waals surface area (Å²) in [6.45, 7) is 3.93. The van der Waals surface area contributed by atoms with Crippen molar-refractivity contribution in [2.45, 2.75) is 37.9 Å². The molecule has 2 unspecified atom stereocenters. The zero-order valence-corrected chi connectivity index (χ0v) is 11.9. The average molecular weight is 275 g/mol. The van der Waals surface area contributed by atoms with Crippen LogP contribution in [0.5, 0.6) is 6.01 Å². The molecule has 0 aromatic carbocycles. The van der Waals surface area contributed by atoms with Crippen LogP contribution in [-0.2, 0) is 13.0 Å². The van der Waals surface area contributed by atoms with Crippen LogP contribution in [0.15, 0.2) is 0 Å². The summed E-state index contributed by atoms with van der Waals surface area (Å²) in [5.41, 5.74) is 2.41. The Morgan fingerprint density at radius 3 is 2.75 bits per heavy atom. The second-order valence-electron chi connectivity index (χ2n) is 5.93. The summed E-state index contributed by atoms with van der Waals surface area (Å²) >= 11 is 0. The minimum absolute atomic E-state index is 0.494. The predicted molar refractivity (Wildman–Crippen MR) is 76.2 cm³/mol. The van der Waals surface area contributed by atoms with Gasteiger partial charge in [0, 0.05) is 37.3 Å². The maximum atomic E-state index is 5.29. The lowest BCUT2D eigenvalue weighted by Crippen LogP contribution is -2.52. The molecule has 3 aliphatic heterocycles. The van der Waals surface area contributed by atoms with Crippen molar-refractivity contribution in [1.29, 1.82) is 0 Å². The summed E-state index contributed by atoms with van der Waals surface area (Å²) in [6, 6.07) is 1.73. The number of hydrogen-bond acceptors (Lipinski definition) is 6. The fourth-order valence-corrected chi connectivity index (χ4v) is 3.64. The van der Waals surface area contributed by atoms with Crippen LogP contribution < -0.4 is 20.3 Å². The Labute approximate surface area is 118 Å². The molecule has 4 heterocycles. The highest BCUT2D eigenvalue weighted by Gasteiger charge is 2.34. The third kappa shape index (κ3) is 2.03. The molecule has 0 saturated carbocycles. The Morgan fingerprint density at radius 2 is 2.00 bits per heavy atom. The van der Waals surface area contributed by atoms with E-state index in [1.165, 1.54) is 18.4 Å². The first-order valence-corrected chi connectivity index (χ1v) is 7.49. The van der Waals surface area contributed by atoms with Crippen LogP contribution in [0.1, 0.15) is 24.1 Å². The molecule has 0 aliphatic carbocycles. The lowest BCUT2D eigenvalue weighted by molar-refractivity contribution is 0.374. The van der Waals surface area contributed by atoms with Crippen molar-refractivity contribution in [3.63, 3.8) is 0 Å². The van der Waals surface area contributed by atoms with E-state index in [0.717, 1.165) is 44.1 Å². The van der Waals surface area contributed by atoms with E-state index in [9.17, 15) is 0 Å². The molecule has 0 amide bonds. The standard InChI is InChI=1S/C14H21N5O/c1-20-14-17-12-6-15-5-4-11(12)13(18-14)19-7-9-2-3-10(8-19)16-9/h9-10,15-16H,2-8H2,1H3. The second kappa shape index (κ2) is 4.86. The van der Waals surface area contributed by atoms with Crippen LogP contribution >= 0.6 is 0 Å². The van der Waals surface area contributed by atoms with E-state index in [2.05, 4.69) is 25.5 Å². The number of ether oxygens (including phenoxy) is 1. The third-order valence-electron chi connectivity index (χ3n) is 4.59. The normalized spacial score (nSPS) is 28.4. The maximum Gasteiger partial charge on any atom is 0.318 e. The molecule has 2 saturated heterocycles. The fourth-order valence-electron chi connectivity index (χ4n) is 3.64. The minimum atomic E-state index is 0.494. The van der Waals surface area contributed by atoms with Gasteiger partial charge in [0.15, 0.2) is 0 Å². The van der Waals surface area contributed by atoms with Gasteiger partial charge in [-0.3, -0.25) is 0 Å². The highest BCUT2D eigenvalue weighted by atomic mass is 16.5. The fraction of sp³-hybridized carbons (Fsp3) is 0.714. The first-order valence-electron chi connectivity index (χ1n) is 7.49. The topological polar surface area (TPSA) is 62.3 Å². The molecule has 3 aliphatic rings. The molecule has 20 heavy (non-hydrogen) atoms. The number of anilines is 1. The molecule has 0 spiro atoms. The number of fused-ring (bicyclic) bond motifs is 3. The highest BCUT2D eigenvalue weighted by Crippen LogP contribution is 2.30. The molecule has 4 rings (SSSR count). The molecule has 2 fully saturated rings. The Balaban J connectivity index is 1.72. The molecule has 108 valence electrons. The van der Waals surface area contributed by atoms with Crippen LogP contribution in [0, 0.1) is 0 Å². The Morgan fingerprint density at radius 1 is 1.20 bits per heavy atom. The number of hydrogen-bond donors (Lipinski definition) is 2. The van der Waals surface area contributed by atoms with Crippen LogP contribution in [-0.4, -0.2) is 48.8 Å². The summed E-state index contributed by atoms with van der Waals surface area (Å²) in [6.07, 6.45) is 3.58. The first kappa shape index (κ1) is 12.3. The van der Waals surface area contributed by atoms with E-state index in [-0.39, 0.29) is 0 Å². The smallest absolute Gasteiger partial charge is 0.318 e. The molecular formula is C14H21N5O. The van der Waals surface area contributed by atoms with Gasteiger partial charge in [-0.1, -0.05) is 0 Å². The number of methoxy groups -OCH3 is 1. The van der Waals surface area contributed by atoms with Crippen LogP contribution in [0.2, 0.25) is 0 Å². The third-order valence-corrected chi connectivity index (χ3v) is 4.59. The van der Waals surface area contributed by atoms with Gasteiger partial charge < -0.3 is 20.3 Å². The SMILES string of the molecule is COc1nc2c(c(N3CC4CCC(C3)N4)n1)CCNC2. The van der Waals surface area contributed by atoms with E-state index in [0.29, 0.717) is 18.1 Å². The van der Waals surface area contributed by atoms with E-state index in [1.54, 1.807) is 7.11 Å². The van der Waals surface area contributed by atoms with Crippen LogP contribution in [0.25, 0.3) is 0 Å². The van der Waals surface area contributed by atoms with Gasteiger partial charge in [-0.15, -0.1) is 0 Å². The van der Waals surface area contributed by atoms with Crippen molar-refractivity contribution in [2.75, 3.05) is 31.6 Å². The summed E-state index contributed by atoms with van der Waals surface area (Å²) in [7, 11) is 1.64. The lowest BCUT2D eigenvalue weighted by Gasteiger charge is -2.35. The molecule has 2 atom stereocenters. The zero-order valence-electron chi connectivity index (χ0n) is 11.9. The van der Waals surface area contributed by atoms with Gasteiger partial charge >= 0.3 is 6.01 Å². The van der Waals surface area contributed by atoms with Crippen LogP contribution in [0.3, 0.4) is 0 Å². The molecule has 2 N–H and O–H groups in total. The molecule has 1 aromatic rings. The van der Waals surface area contributed by atoms with Crippen molar-refractivity contribution >= 4 is 5.82 Å². The van der Waals surface area contributed by atoms with Crippen molar-refractivity contribution in [3.8, 4) is 6.01 Å². The van der Waals surface area contributed by atoms with Crippen molar-refractivity contribution < 1.29 is 4.74 Å². The van der Waals surface area contributed by atoms with Gasteiger partial charge in [-0.25, -0.2) is 0 Å². The predicted octanol–water partition coefficient (Wildman–Crippen LogP) is 0.0715. The number of rotatable bonds is 2. The van der Waals surface area contributed by atoms with Gasteiger partial charge in [0.25, 0.3) is 0 Å². The Kier molecular flexibility index (Phi) is 3.00. The van der Waals surface area contributed by atoms with E-state index in [1.807, 2.05) is 0 Å². The first-order chi connectivity index (χ1) is 9.83. The monoisotopic (exact) mass is 275 g/mol. The average Bonchev–Trinajstić information content (AvgIpc) is 2.84. The van der Waals surface area contributed by atoms with Gasteiger partial charge in [0.1, 0.15) is 5.82 Å². The highest BCUT2D eigenvalue weighted by molar-refractivity contribution is 5.52.